The van der Waals surface area contributed by atoms with Gasteiger partial charge in [0.25, 0.3) is 0 Å². The summed E-state index contributed by atoms with van der Waals surface area (Å²) in [4.78, 5) is 15.8. The molecule has 36 heavy (non-hydrogen) atoms. The maximum atomic E-state index is 13.9. The molecule has 3 heterocycles. The highest BCUT2D eigenvalue weighted by atomic mass is 16.2. The number of anilines is 1. The summed E-state index contributed by atoms with van der Waals surface area (Å²) in [5.41, 5.74) is 5.88. The number of aryl methyl sites for hydroxylation is 1. The smallest absolute Gasteiger partial charge is 0.308 e. The molecule has 6 heteroatoms. The molecule has 0 saturated carbocycles. The maximum absolute atomic E-state index is 13.9. The number of rotatable bonds is 4. The summed E-state index contributed by atoms with van der Waals surface area (Å²) >= 11 is 0. The Morgan fingerprint density at radius 2 is 1.56 bits per heavy atom. The van der Waals surface area contributed by atoms with Crippen LogP contribution in [0, 0.1) is 0 Å². The van der Waals surface area contributed by atoms with E-state index < -0.39 is 0 Å². The van der Waals surface area contributed by atoms with E-state index in [4.69, 9.17) is 5.10 Å². The van der Waals surface area contributed by atoms with Gasteiger partial charge < -0.3 is 14.8 Å². The van der Waals surface area contributed by atoms with Gasteiger partial charge in [-0.2, -0.15) is 5.10 Å². The number of aromatic nitrogens is 3. The van der Waals surface area contributed by atoms with Gasteiger partial charge in [0, 0.05) is 17.4 Å². The zero-order valence-corrected chi connectivity index (χ0v) is 20.1. The van der Waals surface area contributed by atoms with E-state index in [1.165, 1.54) is 0 Å². The van der Waals surface area contributed by atoms with Crippen molar-refractivity contribution in [3.63, 3.8) is 0 Å². The van der Waals surface area contributed by atoms with Crippen LogP contribution in [0.2, 0.25) is 0 Å². The highest BCUT2D eigenvalue weighted by Crippen LogP contribution is 2.38. The van der Waals surface area contributed by atoms with Crippen molar-refractivity contribution in [3.05, 3.63) is 132 Å². The van der Waals surface area contributed by atoms with Crippen molar-refractivity contribution in [3.8, 4) is 11.5 Å². The molecule has 2 aromatic heterocycles. The first-order valence-corrected chi connectivity index (χ1v) is 12.3. The first kappa shape index (κ1) is 21.9. The highest BCUT2D eigenvalue weighted by molar-refractivity contribution is 5.90. The molecule has 3 aromatic carbocycles. The maximum Gasteiger partial charge on any atom is 0.322 e. The Morgan fingerprint density at radius 1 is 0.889 bits per heavy atom. The molecule has 1 N–H and O–H groups in total. The first-order chi connectivity index (χ1) is 17.7. The minimum atomic E-state index is -0.272. The number of nitrogens with zero attached hydrogens (tertiary/aromatic N) is 4. The number of benzene rings is 3. The summed E-state index contributed by atoms with van der Waals surface area (Å²) in [5, 5.41) is 8.13. The van der Waals surface area contributed by atoms with Gasteiger partial charge in [0.1, 0.15) is 5.82 Å². The molecule has 178 valence electrons. The van der Waals surface area contributed by atoms with E-state index in [1.807, 2.05) is 82.4 Å². The van der Waals surface area contributed by atoms with Crippen LogP contribution in [-0.4, -0.2) is 25.3 Å². The predicted molar refractivity (Wildman–Crippen MR) is 142 cm³/mol. The van der Waals surface area contributed by atoms with E-state index in [-0.39, 0.29) is 12.1 Å². The molecular weight excluding hydrogens is 446 g/mol. The molecule has 0 radical (unpaired) electrons. The van der Waals surface area contributed by atoms with Crippen LogP contribution < -0.4 is 5.32 Å². The summed E-state index contributed by atoms with van der Waals surface area (Å²) in [6, 6.07) is 33.8. The molecule has 0 spiro atoms. The average molecular weight is 474 g/mol. The second kappa shape index (κ2) is 9.23. The van der Waals surface area contributed by atoms with Crippen molar-refractivity contribution in [2.24, 2.45) is 0 Å². The van der Waals surface area contributed by atoms with Crippen molar-refractivity contribution in [2.45, 2.75) is 25.9 Å². The number of fused-ring (bicyclic) bond motifs is 3. The van der Waals surface area contributed by atoms with Gasteiger partial charge in [0.15, 0.2) is 0 Å². The van der Waals surface area contributed by atoms with Crippen molar-refractivity contribution in [1.29, 1.82) is 0 Å². The number of hydrogen-bond acceptors (Lipinski definition) is 2. The molecule has 5 aromatic rings. The zero-order chi connectivity index (χ0) is 24.5. The van der Waals surface area contributed by atoms with Crippen molar-refractivity contribution in [2.75, 3.05) is 5.32 Å². The molecular formula is C30H27N5O. The predicted octanol–water partition coefficient (Wildman–Crippen LogP) is 6.36. The van der Waals surface area contributed by atoms with E-state index >= 15 is 0 Å². The Hall–Kier alpha value is -4.58. The van der Waals surface area contributed by atoms with E-state index in [9.17, 15) is 4.79 Å². The largest absolute Gasteiger partial charge is 0.322 e. The van der Waals surface area contributed by atoms with E-state index in [1.54, 1.807) is 0 Å². The fourth-order valence-electron chi connectivity index (χ4n) is 5.05. The molecule has 0 aliphatic carbocycles. The second-order valence-corrected chi connectivity index (χ2v) is 8.89. The lowest BCUT2D eigenvalue weighted by Crippen LogP contribution is -2.38. The zero-order valence-electron chi connectivity index (χ0n) is 20.1. The third kappa shape index (κ3) is 3.77. The Kier molecular flexibility index (Phi) is 5.62. The van der Waals surface area contributed by atoms with Crippen molar-refractivity contribution >= 4 is 11.7 Å². The fourth-order valence-corrected chi connectivity index (χ4v) is 5.05. The summed E-state index contributed by atoms with van der Waals surface area (Å²) in [7, 11) is 0. The monoisotopic (exact) mass is 473 g/mol. The van der Waals surface area contributed by atoms with Gasteiger partial charge in [0.05, 0.1) is 29.7 Å². The summed E-state index contributed by atoms with van der Waals surface area (Å²) in [5.74, 6) is 0.981. The van der Waals surface area contributed by atoms with Crippen LogP contribution in [0.25, 0.3) is 11.5 Å². The van der Waals surface area contributed by atoms with Crippen LogP contribution in [0.5, 0.6) is 0 Å². The van der Waals surface area contributed by atoms with Gasteiger partial charge in [-0.25, -0.2) is 9.48 Å². The van der Waals surface area contributed by atoms with E-state index in [0.29, 0.717) is 6.54 Å². The van der Waals surface area contributed by atoms with Crippen molar-refractivity contribution < 1.29 is 4.79 Å². The molecule has 0 unspecified atom stereocenters. The molecule has 6 rings (SSSR count). The first-order valence-electron chi connectivity index (χ1n) is 12.3. The van der Waals surface area contributed by atoms with Gasteiger partial charge in [0.2, 0.25) is 0 Å². The SMILES string of the molecule is CCc1nn(-c2ccccc2)c2c1CN(C(=O)Nc1ccccc1)[C@H](c1ccccc1)c1cccn1-2. The highest BCUT2D eigenvalue weighted by Gasteiger charge is 2.36. The quantitative estimate of drug-likeness (QED) is 0.330. The lowest BCUT2D eigenvalue weighted by atomic mass is 10.0. The second-order valence-electron chi connectivity index (χ2n) is 8.89. The standard InChI is InChI=1S/C30H27N5O/c1-2-26-25-21-34(30(36)31-23-15-8-4-9-16-23)28(22-13-6-3-7-14-22)27-19-12-20-33(27)29(25)35(32-26)24-17-10-5-11-18-24/h3-20,28H,2,21H2,1H3,(H,31,36)/t28-/m1/s1. The van der Waals surface area contributed by atoms with Crippen LogP contribution in [0.4, 0.5) is 10.5 Å². The number of carbonyl (C=O) groups is 1. The molecule has 2 amide bonds. The Balaban J connectivity index is 1.56. The van der Waals surface area contributed by atoms with Gasteiger partial charge in [-0.05, 0) is 48.4 Å². The molecule has 1 aliphatic rings. The summed E-state index contributed by atoms with van der Waals surface area (Å²) in [6.45, 7) is 2.55. The summed E-state index contributed by atoms with van der Waals surface area (Å²) in [6.07, 6.45) is 2.84. The number of nitrogens with one attached hydrogen (secondary N) is 1. The summed E-state index contributed by atoms with van der Waals surface area (Å²) < 4.78 is 4.21. The minimum absolute atomic E-state index is 0.148. The van der Waals surface area contributed by atoms with Gasteiger partial charge in [-0.3, -0.25) is 0 Å². The van der Waals surface area contributed by atoms with Gasteiger partial charge in [-0.1, -0.05) is 73.7 Å². The van der Waals surface area contributed by atoms with Crippen LogP contribution in [0.1, 0.15) is 35.5 Å². The molecule has 0 bridgehead atoms. The fraction of sp³-hybridized carbons (Fsp3) is 0.133. The number of para-hydroxylation sites is 2. The lowest BCUT2D eigenvalue weighted by molar-refractivity contribution is 0.194. The number of amides is 2. The number of carbonyl (C=O) groups excluding carboxylic acids is 1. The average Bonchev–Trinajstić information content (AvgIpc) is 3.51. The topological polar surface area (TPSA) is 55.1 Å². The van der Waals surface area contributed by atoms with Gasteiger partial charge >= 0.3 is 6.03 Å². The Labute approximate surface area is 210 Å². The molecule has 1 atom stereocenters. The third-order valence-electron chi connectivity index (χ3n) is 6.71. The van der Waals surface area contributed by atoms with E-state index in [2.05, 4.69) is 53.3 Å². The molecule has 0 fully saturated rings. The van der Waals surface area contributed by atoms with Crippen LogP contribution in [0.3, 0.4) is 0 Å². The Morgan fingerprint density at radius 3 is 2.25 bits per heavy atom. The number of hydrogen-bond donors (Lipinski definition) is 1. The normalized spacial score (nSPS) is 14.6. The minimum Gasteiger partial charge on any atom is -0.308 e. The van der Waals surface area contributed by atoms with Crippen LogP contribution in [0.15, 0.2) is 109 Å². The molecule has 0 saturated heterocycles. The molecule has 1 aliphatic heterocycles. The van der Waals surface area contributed by atoms with E-state index in [0.717, 1.165) is 46.1 Å². The Bertz CT molecular complexity index is 1490. The van der Waals surface area contributed by atoms with Crippen molar-refractivity contribution in [1.82, 2.24) is 19.2 Å². The number of urea groups is 1. The third-order valence-corrected chi connectivity index (χ3v) is 6.71. The van der Waals surface area contributed by atoms with Gasteiger partial charge in [-0.15, -0.1) is 0 Å². The lowest BCUT2D eigenvalue weighted by Gasteiger charge is -2.31. The molecule has 6 nitrogen and oxygen atoms in total. The van der Waals surface area contributed by atoms with Crippen LogP contribution >= 0.6 is 0 Å². The van der Waals surface area contributed by atoms with Crippen LogP contribution in [-0.2, 0) is 13.0 Å².